The standard InChI is InChI=1S/C21H28FN3O2S/c1-4-28-21-19(20(23)26)14(2)10-18(24-8-9-27-15(3)12-24)25(21)13-16-6-5-7-17(22)11-16/h5-7,10-11,15,21H,4,8-9,12-13H2,1-3H3,(H2,23,26)/t15?,21-/m1/s1. The lowest BCUT2D eigenvalue weighted by Gasteiger charge is -2.45. The predicted molar refractivity (Wildman–Crippen MR) is 111 cm³/mol. The molecule has 3 rings (SSSR count). The molecule has 0 radical (unpaired) electrons. The smallest absolute Gasteiger partial charge is 0.247 e. The minimum atomic E-state index is -0.404. The molecular weight excluding hydrogens is 377 g/mol. The van der Waals surface area contributed by atoms with Crippen molar-refractivity contribution >= 4 is 17.7 Å². The van der Waals surface area contributed by atoms with E-state index in [0.29, 0.717) is 18.7 Å². The van der Waals surface area contributed by atoms with Crippen LogP contribution in [0.3, 0.4) is 0 Å². The number of thioether (sulfide) groups is 1. The lowest BCUT2D eigenvalue weighted by molar-refractivity contribution is -0.115. The summed E-state index contributed by atoms with van der Waals surface area (Å²) in [6, 6.07) is 6.61. The van der Waals surface area contributed by atoms with Crippen molar-refractivity contribution in [3.63, 3.8) is 0 Å². The first kappa shape index (κ1) is 20.7. The topological polar surface area (TPSA) is 58.8 Å². The molecule has 1 saturated heterocycles. The minimum Gasteiger partial charge on any atom is -0.375 e. The fraction of sp³-hybridized carbons (Fsp3) is 0.476. The van der Waals surface area contributed by atoms with Gasteiger partial charge in [0, 0.05) is 19.6 Å². The van der Waals surface area contributed by atoms with Gasteiger partial charge in [0.05, 0.1) is 18.3 Å². The van der Waals surface area contributed by atoms with Gasteiger partial charge in [-0.15, -0.1) is 11.8 Å². The number of rotatable bonds is 6. The van der Waals surface area contributed by atoms with Crippen LogP contribution in [0.25, 0.3) is 0 Å². The zero-order valence-corrected chi connectivity index (χ0v) is 17.5. The lowest BCUT2D eigenvalue weighted by atomic mass is 10.0. The number of hydrogen-bond acceptors (Lipinski definition) is 5. The number of ether oxygens (including phenoxy) is 1. The predicted octanol–water partition coefficient (Wildman–Crippen LogP) is 3.08. The van der Waals surface area contributed by atoms with Gasteiger partial charge in [-0.3, -0.25) is 4.79 Å². The first-order chi connectivity index (χ1) is 13.4. The highest BCUT2D eigenvalue weighted by molar-refractivity contribution is 8.00. The number of amides is 1. The maximum atomic E-state index is 13.8. The molecule has 2 atom stereocenters. The highest BCUT2D eigenvalue weighted by atomic mass is 32.2. The van der Waals surface area contributed by atoms with E-state index in [1.54, 1.807) is 23.9 Å². The monoisotopic (exact) mass is 405 g/mol. The first-order valence-corrected chi connectivity index (χ1v) is 10.7. The third kappa shape index (κ3) is 4.52. The summed E-state index contributed by atoms with van der Waals surface area (Å²) in [7, 11) is 0. The molecule has 0 spiro atoms. The van der Waals surface area contributed by atoms with Crippen LogP contribution >= 0.6 is 11.8 Å². The van der Waals surface area contributed by atoms with E-state index in [4.69, 9.17) is 10.5 Å². The maximum absolute atomic E-state index is 13.8. The Morgan fingerprint density at radius 3 is 2.86 bits per heavy atom. The van der Waals surface area contributed by atoms with Crippen LogP contribution in [0.5, 0.6) is 0 Å². The number of nitrogens with two attached hydrogens (primary N) is 1. The minimum absolute atomic E-state index is 0.129. The number of hydrogen-bond donors (Lipinski definition) is 1. The van der Waals surface area contributed by atoms with E-state index in [9.17, 15) is 9.18 Å². The van der Waals surface area contributed by atoms with Gasteiger partial charge >= 0.3 is 0 Å². The molecule has 152 valence electrons. The van der Waals surface area contributed by atoms with Gasteiger partial charge in [0.15, 0.2) is 0 Å². The van der Waals surface area contributed by atoms with Crippen LogP contribution in [0.1, 0.15) is 26.3 Å². The summed E-state index contributed by atoms with van der Waals surface area (Å²) in [5, 5.41) is -0.205. The van der Waals surface area contributed by atoms with E-state index in [-0.39, 0.29) is 17.3 Å². The Morgan fingerprint density at radius 1 is 1.43 bits per heavy atom. The first-order valence-electron chi connectivity index (χ1n) is 9.62. The molecular formula is C21H28FN3O2S. The second-order valence-corrected chi connectivity index (χ2v) is 8.51. The van der Waals surface area contributed by atoms with E-state index in [1.165, 1.54) is 6.07 Å². The average Bonchev–Trinajstić information content (AvgIpc) is 2.63. The summed E-state index contributed by atoms with van der Waals surface area (Å²) in [5.74, 6) is 1.20. The molecule has 1 fully saturated rings. The maximum Gasteiger partial charge on any atom is 0.247 e. The van der Waals surface area contributed by atoms with E-state index in [2.05, 4.69) is 23.6 Å². The van der Waals surface area contributed by atoms with Gasteiger partial charge in [-0.05, 0) is 48.9 Å². The Hall–Kier alpha value is -1.99. The molecule has 1 aromatic rings. The van der Waals surface area contributed by atoms with Crippen molar-refractivity contribution < 1.29 is 13.9 Å². The number of nitrogens with zero attached hydrogens (tertiary/aromatic N) is 2. The number of halogens is 1. The van der Waals surface area contributed by atoms with Gasteiger partial charge in [0.2, 0.25) is 5.91 Å². The Bertz CT molecular complexity index is 796. The van der Waals surface area contributed by atoms with Crippen LogP contribution < -0.4 is 5.73 Å². The lowest BCUT2D eigenvalue weighted by Crippen LogP contribution is -2.49. The molecule has 1 unspecified atom stereocenters. The SMILES string of the molecule is CCS[C@@H]1C(C(N)=O)=C(C)C=C(N2CCOC(C)C2)N1Cc1cccc(F)c1. The molecule has 0 aromatic heterocycles. The molecule has 2 aliphatic heterocycles. The van der Waals surface area contributed by atoms with Crippen molar-refractivity contribution in [2.24, 2.45) is 5.73 Å². The van der Waals surface area contributed by atoms with E-state index < -0.39 is 5.91 Å². The van der Waals surface area contributed by atoms with E-state index >= 15 is 0 Å². The largest absolute Gasteiger partial charge is 0.375 e. The Balaban J connectivity index is 2.03. The Labute approximate surface area is 170 Å². The van der Waals surface area contributed by atoms with Gasteiger partial charge < -0.3 is 20.3 Å². The molecule has 2 N–H and O–H groups in total. The molecule has 7 heteroatoms. The molecule has 5 nitrogen and oxygen atoms in total. The number of benzene rings is 1. The van der Waals surface area contributed by atoms with Gasteiger partial charge in [-0.2, -0.15) is 0 Å². The molecule has 2 aliphatic rings. The zero-order valence-electron chi connectivity index (χ0n) is 16.7. The number of carbonyl (C=O) groups excluding carboxylic acids is 1. The summed E-state index contributed by atoms with van der Waals surface area (Å²) < 4.78 is 19.5. The number of allylic oxidation sites excluding steroid dienone is 2. The fourth-order valence-electron chi connectivity index (χ4n) is 3.77. The molecule has 1 amide bonds. The van der Waals surface area contributed by atoms with Crippen molar-refractivity contribution in [3.8, 4) is 0 Å². The van der Waals surface area contributed by atoms with E-state index in [0.717, 1.165) is 35.8 Å². The summed E-state index contributed by atoms with van der Waals surface area (Å²) in [6.07, 6.45) is 2.16. The van der Waals surface area contributed by atoms with Crippen molar-refractivity contribution in [1.82, 2.24) is 9.80 Å². The third-order valence-corrected chi connectivity index (χ3v) is 6.13. The van der Waals surface area contributed by atoms with Crippen molar-refractivity contribution in [1.29, 1.82) is 0 Å². The third-order valence-electron chi connectivity index (χ3n) is 4.99. The number of morpholine rings is 1. The van der Waals surface area contributed by atoms with Crippen molar-refractivity contribution in [2.45, 2.75) is 38.8 Å². The molecule has 1 aromatic carbocycles. The van der Waals surface area contributed by atoms with Crippen LogP contribution in [0.4, 0.5) is 4.39 Å². The van der Waals surface area contributed by atoms with Crippen molar-refractivity contribution in [3.05, 3.63) is 58.7 Å². The van der Waals surface area contributed by atoms with Crippen LogP contribution in [0, 0.1) is 5.82 Å². The quantitative estimate of drug-likeness (QED) is 0.788. The van der Waals surface area contributed by atoms with E-state index in [1.807, 2.05) is 19.1 Å². The number of carbonyl (C=O) groups is 1. The second kappa shape index (κ2) is 9.01. The van der Waals surface area contributed by atoms with Crippen molar-refractivity contribution in [2.75, 3.05) is 25.4 Å². The fourth-order valence-corrected chi connectivity index (χ4v) is 4.91. The Morgan fingerprint density at radius 2 is 2.21 bits per heavy atom. The van der Waals surface area contributed by atoms with Crippen LogP contribution in [0.2, 0.25) is 0 Å². The summed E-state index contributed by atoms with van der Waals surface area (Å²) in [4.78, 5) is 16.7. The summed E-state index contributed by atoms with van der Waals surface area (Å²) in [5.41, 5.74) is 8.11. The molecule has 0 aliphatic carbocycles. The summed E-state index contributed by atoms with van der Waals surface area (Å²) >= 11 is 1.67. The van der Waals surface area contributed by atoms with Gasteiger partial charge in [-0.25, -0.2) is 4.39 Å². The average molecular weight is 406 g/mol. The van der Waals surface area contributed by atoms with Gasteiger partial charge in [-0.1, -0.05) is 19.1 Å². The summed E-state index contributed by atoms with van der Waals surface area (Å²) in [6.45, 7) is 8.76. The highest BCUT2D eigenvalue weighted by Gasteiger charge is 2.35. The van der Waals surface area contributed by atoms with Crippen LogP contribution in [0.15, 0.2) is 47.3 Å². The highest BCUT2D eigenvalue weighted by Crippen LogP contribution is 2.36. The molecule has 0 bridgehead atoms. The van der Waals surface area contributed by atoms with Crippen LogP contribution in [-0.4, -0.2) is 52.6 Å². The van der Waals surface area contributed by atoms with Gasteiger partial charge in [0.1, 0.15) is 17.0 Å². The Kier molecular flexibility index (Phi) is 6.67. The molecule has 28 heavy (non-hydrogen) atoms. The second-order valence-electron chi connectivity index (χ2n) is 7.16. The number of primary amides is 1. The van der Waals surface area contributed by atoms with Crippen LogP contribution in [-0.2, 0) is 16.1 Å². The molecule has 0 saturated carbocycles. The molecule has 2 heterocycles. The van der Waals surface area contributed by atoms with Gasteiger partial charge in [0.25, 0.3) is 0 Å². The zero-order chi connectivity index (χ0) is 20.3. The normalized spacial score (nSPS) is 23.1.